The molecule has 2 aliphatic heterocycles. The van der Waals surface area contributed by atoms with Crippen molar-refractivity contribution in [1.29, 1.82) is 0 Å². The van der Waals surface area contributed by atoms with Crippen molar-refractivity contribution in [2.75, 3.05) is 39.5 Å². The maximum atomic E-state index is 5.82. The number of nitrogens with two attached hydrogens (primary N) is 2. The van der Waals surface area contributed by atoms with Crippen LogP contribution >= 0.6 is 0 Å². The van der Waals surface area contributed by atoms with Crippen LogP contribution in [-0.4, -0.2) is 60.3 Å². The Kier molecular flexibility index (Phi) is 7.22. The van der Waals surface area contributed by atoms with Gasteiger partial charge in [0.25, 0.3) is 0 Å². The van der Waals surface area contributed by atoms with Crippen LogP contribution in [-0.2, 0) is 0 Å². The van der Waals surface area contributed by atoms with Crippen LogP contribution in [0.4, 0.5) is 0 Å². The predicted octanol–water partition coefficient (Wildman–Crippen LogP) is 1.04. The molecule has 2 heterocycles. The molecule has 2 rings (SSSR count). The first-order valence-corrected chi connectivity index (χ1v) is 8.12. The first-order chi connectivity index (χ1) is 10.8. The van der Waals surface area contributed by atoms with Gasteiger partial charge < -0.3 is 21.3 Å². The molecule has 0 amide bonds. The van der Waals surface area contributed by atoms with Gasteiger partial charge in [-0.2, -0.15) is 0 Å². The largest absolute Gasteiger partial charge is 0.361 e. The number of hydrogen-bond acceptors (Lipinski definition) is 5. The molecule has 0 radical (unpaired) electrons. The molecule has 0 aromatic carbocycles. The van der Waals surface area contributed by atoms with Crippen LogP contribution in [0.15, 0.2) is 48.9 Å². The Morgan fingerprint density at radius 3 is 1.68 bits per heavy atom. The summed E-state index contributed by atoms with van der Waals surface area (Å²) in [6.45, 7) is 5.12. The van der Waals surface area contributed by atoms with Crippen LogP contribution in [0.1, 0.15) is 12.8 Å². The summed E-state index contributed by atoms with van der Waals surface area (Å²) in [5, 5.41) is 0. The molecule has 5 heteroatoms. The summed E-state index contributed by atoms with van der Waals surface area (Å²) in [5.74, 6) is 0. The molecule has 0 unspecified atom stereocenters. The van der Waals surface area contributed by atoms with Crippen molar-refractivity contribution < 1.29 is 0 Å². The Morgan fingerprint density at radius 1 is 0.818 bits per heavy atom. The standard InChI is InChI=1S/C17H29N5/c18-9-7-17(8-10-19)22(15-20-11-3-1-4-12-20)16-21-13-5-2-6-14-21/h1-6,11,13,17H,7-10,12,14-16,18-19H2. The molecule has 2 aliphatic rings. The minimum atomic E-state index is 0.425. The van der Waals surface area contributed by atoms with E-state index in [-0.39, 0.29) is 0 Å². The zero-order chi connectivity index (χ0) is 15.6. The molecule has 5 nitrogen and oxygen atoms in total. The molecule has 0 fully saturated rings. The Balaban J connectivity index is 2.00. The van der Waals surface area contributed by atoms with E-state index in [2.05, 4.69) is 63.6 Å². The summed E-state index contributed by atoms with van der Waals surface area (Å²) in [5.41, 5.74) is 11.6. The van der Waals surface area contributed by atoms with Gasteiger partial charge in [-0.1, -0.05) is 24.3 Å². The third-order valence-electron chi connectivity index (χ3n) is 4.01. The van der Waals surface area contributed by atoms with Gasteiger partial charge in [0.05, 0.1) is 13.3 Å². The van der Waals surface area contributed by atoms with E-state index < -0.39 is 0 Å². The topological polar surface area (TPSA) is 61.8 Å². The van der Waals surface area contributed by atoms with E-state index in [1.165, 1.54) is 0 Å². The van der Waals surface area contributed by atoms with E-state index in [9.17, 15) is 0 Å². The average Bonchev–Trinajstić information content (AvgIpc) is 2.56. The van der Waals surface area contributed by atoms with Crippen LogP contribution in [0.2, 0.25) is 0 Å². The van der Waals surface area contributed by atoms with Crippen molar-refractivity contribution >= 4 is 0 Å². The van der Waals surface area contributed by atoms with Crippen LogP contribution in [0.25, 0.3) is 0 Å². The lowest BCUT2D eigenvalue weighted by atomic mass is 10.1. The summed E-state index contributed by atoms with van der Waals surface area (Å²) >= 11 is 0. The summed E-state index contributed by atoms with van der Waals surface area (Å²) in [6.07, 6.45) is 19.0. The van der Waals surface area contributed by atoms with Gasteiger partial charge >= 0.3 is 0 Å². The van der Waals surface area contributed by atoms with Crippen molar-refractivity contribution in [3.05, 3.63) is 48.9 Å². The highest BCUT2D eigenvalue weighted by Gasteiger charge is 2.20. The molecule has 0 aromatic heterocycles. The Morgan fingerprint density at radius 2 is 1.32 bits per heavy atom. The van der Waals surface area contributed by atoms with Gasteiger partial charge in [0, 0.05) is 31.5 Å². The molecule has 0 aliphatic carbocycles. The molecule has 4 N–H and O–H groups in total. The smallest absolute Gasteiger partial charge is 0.0722 e. The summed E-state index contributed by atoms with van der Waals surface area (Å²) in [7, 11) is 0. The van der Waals surface area contributed by atoms with Crippen molar-refractivity contribution in [3.8, 4) is 0 Å². The Bertz CT molecular complexity index is 389. The molecular formula is C17H29N5. The SMILES string of the molecule is NCCC(CCN)N(CN1C=CC=CC1)CN1C=CC=CC1. The van der Waals surface area contributed by atoms with Gasteiger partial charge in [0.2, 0.25) is 0 Å². The van der Waals surface area contributed by atoms with E-state index in [4.69, 9.17) is 11.5 Å². The molecule has 122 valence electrons. The average molecular weight is 303 g/mol. The summed E-state index contributed by atoms with van der Waals surface area (Å²) < 4.78 is 0. The molecule has 22 heavy (non-hydrogen) atoms. The van der Waals surface area contributed by atoms with Crippen LogP contribution in [0.3, 0.4) is 0 Å². The molecule has 0 saturated heterocycles. The van der Waals surface area contributed by atoms with E-state index in [1.807, 2.05) is 0 Å². The third-order valence-corrected chi connectivity index (χ3v) is 4.01. The lowest BCUT2D eigenvalue weighted by Gasteiger charge is -2.39. The van der Waals surface area contributed by atoms with Crippen LogP contribution < -0.4 is 11.5 Å². The second-order valence-corrected chi connectivity index (χ2v) is 5.76. The normalized spacial score (nSPS) is 17.3. The van der Waals surface area contributed by atoms with Crippen molar-refractivity contribution in [1.82, 2.24) is 14.7 Å². The van der Waals surface area contributed by atoms with Gasteiger partial charge in [0.1, 0.15) is 0 Å². The number of allylic oxidation sites excluding steroid dienone is 4. The van der Waals surface area contributed by atoms with Crippen LogP contribution in [0, 0.1) is 0 Å². The zero-order valence-corrected chi connectivity index (χ0v) is 13.3. The monoisotopic (exact) mass is 303 g/mol. The summed E-state index contributed by atoms with van der Waals surface area (Å²) in [6, 6.07) is 0.425. The number of nitrogens with zero attached hydrogens (tertiary/aromatic N) is 3. The number of rotatable bonds is 9. The Labute approximate surface area is 134 Å². The maximum Gasteiger partial charge on any atom is 0.0722 e. The van der Waals surface area contributed by atoms with Gasteiger partial charge in [-0.25, -0.2) is 0 Å². The Hall–Kier alpha value is -1.56. The second kappa shape index (κ2) is 9.46. The third kappa shape index (κ3) is 5.33. The zero-order valence-electron chi connectivity index (χ0n) is 13.3. The maximum absolute atomic E-state index is 5.82. The van der Waals surface area contributed by atoms with E-state index in [1.54, 1.807) is 0 Å². The van der Waals surface area contributed by atoms with Crippen molar-refractivity contribution in [3.63, 3.8) is 0 Å². The summed E-state index contributed by atoms with van der Waals surface area (Å²) in [4.78, 5) is 7.14. The fourth-order valence-corrected chi connectivity index (χ4v) is 2.86. The van der Waals surface area contributed by atoms with Crippen molar-refractivity contribution in [2.45, 2.75) is 18.9 Å². The van der Waals surface area contributed by atoms with Crippen molar-refractivity contribution in [2.24, 2.45) is 11.5 Å². The lowest BCUT2D eigenvalue weighted by Crippen LogP contribution is -2.48. The van der Waals surface area contributed by atoms with Crippen LogP contribution in [0.5, 0.6) is 0 Å². The van der Waals surface area contributed by atoms with Gasteiger partial charge in [-0.15, -0.1) is 0 Å². The fraction of sp³-hybridized carbons (Fsp3) is 0.529. The highest BCUT2D eigenvalue weighted by molar-refractivity contribution is 5.09. The van der Waals surface area contributed by atoms with E-state index in [0.29, 0.717) is 19.1 Å². The predicted molar refractivity (Wildman–Crippen MR) is 92.7 cm³/mol. The molecule has 0 saturated carbocycles. The fourth-order valence-electron chi connectivity index (χ4n) is 2.86. The molecular weight excluding hydrogens is 274 g/mol. The highest BCUT2D eigenvalue weighted by atomic mass is 15.4. The molecule has 0 spiro atoms. The minimum Gasteiger partial charge on any atom is -0.361 e. The van der Waals surface area contributed by atoms with Gasteiger partial charge in [-0.3, -0.25) is 4.90 Å². The molecule has 0 atom stereocenters. The minimum absolute atomic E-state index is 0.425. The highest BCUT2D eigenvalue weighted by Crippen LogP contribution is 2.13. The number of hydrogen-bond donors (Lipinski definition) is 2. The molecule has 0 bridgehead atoms. The quantitative estimate of drug-likeness (QED) is 0.666. The van der Waals surface area contributed by atoms with Gasteiger partial charge in [0.15, 0.2) is 0 Å². The van der Waals surface area contributed by atoms with Gasteiger partial charge in [-0.05, 0) is 38.1 Å². The first kappa shape index (κ1) is 16.8. The van der Waals surface area contributed by atoms with E-state index >= 15 is 0 Å². The second-order valence-electron chi connectivity index (χ2n) is 5.76. The lowest BCUT2D eigenvalue weighted by molar-refractivity contribution is 0.0720. The molecule has 0 aromatic rings. The first-order valence-electron chi connectivity index (χ1n) is 8.12. The van der Waals surface area contributed by atoms with E-state index in [0.717, 1.165) is 39.3 Å².